The van der Waals surface area contributed by atoms with E-state index < -0.39 is 0 Å². The molecular formula is C30H26N4O2. The minimum absolute atomic E-state index is 0.234. The number of rotatable bonds is 8. The van der Waals surface area contributed by atoms with Crippen molar-refractivity contribution in [2.24, 2.45) is 0 Å². The van der Waals surface area contributed by atoms with Crippen LogP contribution in [-0.2, 0) is 19.4 Å². The van der Waals surface area contributed by atoms with E-state index in [1.54, 1.807) is 24.3 Å². The Morgan fingerprint density at radius 3 is 2.11 bits per heavy atom. The van der Waals surface area contributed by atoms with Gasteiger partial charge < -0.3 is 4.57 Å². The van der Waals surface area contributed by atoms with E-state index in [4.69, 9.17) is 4.98 Å². The number of amides is 2. The van der Waals surface area contributed by atoms with Gasteiger partial charge in [-0.25, -0.2) is 4.98 Å². The van der Waals surface area contributed by atoms with Gasteiger partial charge in [0, 0.05) is 32.1 Å². The number of nitrogens with zero attached hydrogens (tertiary/aromatic N) is 4. The predicted octanol–water partition coefficient (Wildman–Crippen LogP) is 5.26. The lowest BCUT2D eigenvalue weighted by molar-refractivity contribution is 0.0656. The van der Waals surface area contributed by atoms with Crippen LogP contribution in [0, 0.1) is 11.3 Å². The number of hydrogen-bond acceptors (Lipinski definition) is 4. The highest BCUT2D eigenvalue weighted by Crippen LogP contribution is 2.25. The van der Waals surface area contributed by atoms with E-state index in [1.807, 2.05) is 42.6 Å². The van der Waals surface area contributed by atoms with Crippen LogP contribution in [0.25, 0.3) is 11.1 Å². The molecule has 2 heterocycles. The van der Waals surface area contributed by atoms with Crippen molar-refractivity contribution in [3.8, 4) is 17.2 Å². The number of imidazole rings is 1. The molecule has 2 amide bonds. The zero-order valence-electron chi connectivity index (χ0n) is 20.1. The summed E-state index contributed by atoms with van der Waals surface area (Å²) in [4.78, 5) is 31.5. The number of aromatic nitrogens is 2. The Labute approximate surface area is 210 Å². The summed E-state index contributed by atoms with van der Waals surface area (Å²) < 4.78 is 2.15. The number of carbonyl (C=O) groups excluding carboxylic acids is 2. The van der Waals surface area contributed by atoms with Crippen LogP contribution in [0.15, 0.2) is 79.0 Å². The Kier molecular flexibility index (Phi) is 6.46. The van der Waals surface area contributed by atoms with E-state index in [9.17, 15) is 14.9 Å². The average molecular weight is 475 g/mol. The summed E-state index contributed by atoms with van der Waals surface area (Å²) in [6.07, 6.45) is 4.36. The van der Waals surface area contributed by atoms with Crippen molar-refractivity contribution in [2.45, 2.75) is 32.7 Å². The number of nitriles is 1. The van der Waals surface area contributed by atoms with Gasteiger partial charge in [-0.2, -0.15) is 5.26 Å². The molecule has 4 aromatic rings. The first-order chi connectivity index (χ1) is 17.6. The SMILES string of the molecule is CCCc1nc(CCN2C(=O)c3ccccc3C2=O)cn1Cc1ccc(-c2ccccc2C#N)cc1. The molecule has 0 radical (unpaired) electrons. The van der Waals surface area contributed by atoms with E-state index in [0.29, 0.717) is 36.2 Å². The summed E-state index contributed by atoms with van der Waals surface area (Å²) in [5.41, 5.74) is 5.55. The van der Waals surface area contributed by atoms with Gasteiger partial charge >= 0.3 is 0 Å². The Bertz CT molecular complexity index is 1440. The van der Waals surface area contributed by atoms with E-state index >= 15 is 0 Å². The quantitative estimate of drug-likeness (QED) is 0.326. The van der Waals surface area contributed by atoms with Gasteiger partial charge in [0.25, 0.3) is 11.8 Å². The molecule has 3 aromatic carbocycles. The van der Waals surface area contributed by atoms with Gasteiger partial charge in [0.2, 0.25) is 0 Å². The molecule has 0 aliphatic carbocycles. The van der Waals surface area contributed by atoms with Crippen molar-refractivity contribution in [1.82, 2.24) is 14.5 Å². The fraction of sp³-hybridized carbons (Fsp3) is 0.200. The first kappa shape index (κ1) is 23.3. The van der Waals surface area contributed by atoms with Crippen LogP contribution in [0.1, 0.15) is 56.7 Å². The molecule has 6 heteroatoms. The highest BCUT2D eigenvalue weighted by Gasteiger charge is 2.34. The number of carbonyl (C=O) groups is 2. The van der Waals surface area contributed by atoms with Crippen LogP contribution in [0.4, 0.5) is 0 Å². The number of imide groups is 1. The fourth-order valence-corrected chi connectivity index (χ4v) is 4.68. The molecule has 1 aliphatic rings. The number of hydrogen-bond donors (Lipinski definition) is 0. The fourth-order valence-electron chi connectivity index (χ4n) is 4.68. The Morgan fingerprint density at radius 2 is 1.47 bits per heavy atom. The van der Waals surface area contributed by atoms with Gasteiger partial charge in [0.15, 0.2) is 0 Å². The highest BCUT2D eigenvalue weighted by molar-refractivity contribution is 6.21. The third-order valence-corrected chi connectivity index (χ3v) is 6.52. The molecule has 5 rings (SSSR count). The zero-order valence-corrected chi connectivity index (χ0v) is 20.1. The first-order valence-electron chi connectivity index (χ1n) is 12.2. The van der Waals surface area contributed by atoms with Gasteiger partial charge in [-0.05, 0) is 41.3 Å². The molecule has 6 nitrogen and oxygen atoms in total. The van der Waals surface area contributed by atoms with Gasteiger partial charge in [0.1, 0.15) is 5.82 Å². The maximum absolute atomic E-state index is 12.7. The molecule has 36 heavy (non-hydrogen) atoms. The largest absolute Gasteiger partial charge is 0.330 e. The monoisotopic (exact) mass is 474 g/mol. The Balaban J connectivity index is 1.30. The number of benzene rings is 3. The molecule has 0 fully saturated rings. The summed E-state index contributed by atoms with van der Waals surface area (Å²) in [5.74, 6) is 0.525. The summed E-state index contributed by atoms with van der Waals surface area (Å²) >= 11 is 0. The summed E-state index contributed by atoms with van der Waals surface area (Å²) in [5, 5.41) is 9.40. The summed E-state index contributed by atoms with van der Waals surface area (Å²) in [6, 6.07) is 25.1. The maximum Gasteiger partial charge on any atom is 0.261 e. The van der Waals surface area contributed by atoms with Crippen LogP contribution in [-0.4, -0.2) is 32.8 Å². The van der Waals surface area contributed by atoms with Crippen molar-refractivity contribution in [1.29, 1.82) is 5.26 Å². The van der Waals surface area contributed by atoms with Crippen molar-refractivity contribution < 1.29 is 9.59 Å². The van der Waals surface area contributed by atoms with E-state index in [2.05, 4.69) is 29.7 Å². The second-order valence-electron chi connectivity index (χ2n) is 8.94. The molecule has 0 saturated carbocycles. The Morgan fingerprint density at radius 1 is 0.833 bits per heavy atom. The molecule has 0 atom stereocenters. The van der Waals surface area contributed by atoms with Crippen LogP contribution in [0.3, 0.4) is 0 Å². The first-order valence-corrected chi connectivity index (χ1v) is 12.2. The lowest BCUT2D eigenvalue weighted by Gasteiger charge is -2.12. The minimum atomic E-state index is -0.234. The minimum Gasteiger partial charge on any atom is -0.330 e. The van der Waals surface area contributed by atoms with Gasteiger partial charge in [-0.1, -0.05) is 61.5 Å². The molecule has 0 spiro atoms. The van der Waals surface area contributed by atoms with E-state index in [0.717, 1.165) is 41.1 Å². The van der Waals surface area contributed by atoms with Crippen molar-refractivity contribution in [3.05, 3.63) is 113 Å². The molecule has 1 aliphatic heterocycles. The predicted molar refractivity (Wildman–Crippen MR) is 137 cm³/mol. The topological polar surface area (TPSA) is 79.0 Å². The van der Waals surface area contributed by atoms with Gasteiger partial charge in [-0.3, -0.25) is 14.5 Å². The van der Waals surface area contributed by atoms with Crippen LogP contribution in [0.5, 0.6) is 0 Å². The second-order valence-corrected chi connectivity index (χ2v) is 8.94. The van der Waals surface area contributed by atoms with Gasteiger partial charge in [-0.15, -0.1) is 0 Å². The van der Waals surface area contributed by atoms with E-state index in [-0.39, 0.29) is 11.8 Å². The van der Waals surface area contributed by atoms with Crippen LogP contribution >= 0.6 is 0 Å². The molecule has 0 unspecified atom stereocenters. The molecule has 1 aromatic heterocycles. The summed E-state index contributed by atoms with van der Waals surface area (Å²) in [7, 11) is 0. The number of fused-ring (bicyclic) bond motifs is 1. The van der Waals surface area contributed by atoms with Crippen molar-refractivity contribution >= 4 is 11.8 Å². The third-order valence-electron chi connectivity index (χ3n) is 6.52. The smallest absolute Gasteiger partial charge is 0.261 e. The van der Waals surface area contributed by atoms with Crippen LogP contribution < -0.4 is 0 Å². The Hall–Kier alpha value is -4.50. The summed E-state index contributed by atoms with van der Waals surface area (Å²) in [6.45, 7) is 3.11. The van der Waals surface area contributed by atoms with Crippen molar-refractivity contribution in [2.75, 3.05) is 6.54 Å². The maximum atomic E-state index is 12.7. The normalized spacial score (nSPS) is 12.6. The molecule has 178 valence electrons. The second kappa shape index (κ2) is 10.0. The molecule has 0 saturated heterocycles. The third kappa shape index (κ3) is 4.44. The average Bonchev–Trinajstić information content (AvgIpc) is 3.40. The standard InChI is InChI=1S/C30H26N4O2/c1-2-7-28-32-24(16-17-34-29(35)26-10-5-6-11-27(26)30(34)36)20-33(28)19-21-12-14-22(15-13-21)25-9-4-3-8-23(25)18-31/h3-6,8-15,20H,2,7,16-17,19H2,1H3. The highest BCUT2D eigenvalue weighted by atomic mass is 16.2. The van der Waals surface area contributed by atoms with E-state index in [1.165, 1.54) is 4.90 Å². The lowest BCUT2D eigenvalue weighted by atomic mass is 9.99. The number of aryl methyl sites for hydroxylation is 1. The molecule has 0 N–H and O–H groups in total. The zero-order chi connectivity index (χ0) is 25.1. The molecular weight excluding hydrogens is 448 g/mol. The van der Waals surface area contributed by atoms with Crippen LogP contribution in [0.2, 0.25) is 0 Å². The van der Waals surface area contributed by atoms with Crippen molar-refractivity contribution in [3.63, 3.8) is 0 Å². The molecule has 0 bridgehead atoms. The van der Waals surface area contributed by atoms with Gasteiger partial charge in [0.05, 0.1) is 28.5 Å². The lowest BCUT2D eigenvalue weighted by Crippen LogP contribution is -2.31.